The molecule has 33 heavy (non-hydrogen) atoms. The first-order valence-corrected chi connectivity index (χ1v) is 13.2. The maximum atomic E-state index is 13.7. The van der Waals surface area contributed by atoms with Gasteiger partial charge in [0, 0.05) is 17.3 Å². The number of aromatic nitrogens is 1. The summed E-state index contributed by atoms with van der Waals surface area (Å²) in [4.78, 5) is 13.7. The third-order valence-electron chi connectivity index (χ3n) is 5.87. The first kappa shape index (κ1) is 25.5. The van der Waals surface area contributed by atoms with Crippen LogP contribution in [-0.4, -0.2) is 30.4 Å². The summed E-state index contributed by atoms with van der Waals surface area (Å²) >= 11 is 0. The molecule has 0 fully saturated rings. The van der Waals surface area contributed by atoms with E-state index in [1.165, 1.54) is 10.6 Å². The Bertz CT molecular complexity index is 1090. The minimum atomic E-state index is -4.57. The van der Waals surface area contributed by atoms with Crippen LogP contribution >= 0.6 is 0 Å². The predicted molar refractivity (Wildman–Crippen MR) is 122 cm³/mol. The molecular formula is C24H31F3NO4Si. The second kappa shape index (κ2) is 8.59. The monoisotopic (exact) mass is 482 g/mol. The molecule has 0 spiro atoms. The molecule has 1 aromatic carbocycles. The molecule has 9 heteroatoms. The maximum absolute atomic E-state index is 13.7. The van der Waals surface area contributed by atoms with E-state index >= 15 is 0 Å². The molecule has 1 aliphatic rings. The highest BCUT2D eigenvalue weighted by atomic mass is 28.3. The van der Waals surface area contributed by atoms with Crippen LogP contribution < -0.4 is 10.3 Å². The summed E-state index contributed by atoms with van der Waals surface area (Å²) in [6.45, 7) is 13.3. The summed E-state index contributed by atoms with van der Waals surface area (Å²) in [5, 5.41) is 11.2. The van der Waals surface area contributed by atoms with Crippen LogP contribution in [0.15, 0.2) is 35.3 Å². The van der Waals surface area contributed by atoms with Gasteiger partial charge in [-0.2, -0.15) is 13.2 Å². The van der Waals surface area contributed by atoms with E-state index in [0.29, 0.717) is 5.56 Å². The Kier molecular flexibility index (Phi) is 6.65. The van der Waals surface area contributed by atoms with Crippen LogP contribution in [0.1, 0.15) is 62.9 Å². The third-order valence-corrected chi connectivity index (χ3v) is 6.59. The van der Waals surface area contributed by atoms with Crippen LogP contribution in [0.5, 0.6) is 5.75 Å². The zero-order valence-electron chi connectivity index (χ0n) is 20.0. The van der Waals surface area contributed by atoms with E-state index in [2.05, 4.69) is 0 Å². The quantitative estimate of drug-likeness (QED) is 0.620. The summed E-state index contributed by atoms with van der Waals surface area (Å²) in [5.41, 5.74) is -1.37. The molecule has 2 heterocycles. The van der Waals surface area contributed by atoms with Gasteiger partial charge in [0.15, 0.2) is 0 Å². The number of pyridine rings is 1. The van der Waals surface area contributed by atoms with Crippen molar-refractivity contribution >= 4 is 9.04 Å². The Hall–Kier alpha value is -2.10. The summed E-state index contributed by atoms with van der Waals surface area (Å²) in [6.07, 6.45) is -4.29. The zero-order valence-corrected chi connectivity index (χ0v) is 21.0. The van der Waals surface area contributed by atoms with E-state index in [1.54, 1.807) is 26.1 Å². The molecule has 181 valence electrons. The summed E-state index contributed by atoms with van der Waals surface area (Å²) in [5.74, 6) is 0.209. The van der Waals surface area contributed by atoms with Gasteiger partial charge in [-0.05, 0) is 62.2 Å². The Morgan fingerprint density at radius 2 is 1.82 bits per heavy atom. The van der Waals surface area contributed by atoms with Gasteiger partial charge in [-0.1, -0.05) is 20.8 Å². The number of aliphatic hydroxyl groups excluding tert-OH is 1. The van der Waals surface area contributed by atoms with Crippen LogP contribution in [0.4, 0.5) is 13.2 Å². The van der Waals surface area contributed by atoms with Crippen molar-refractivity contribution in [2.75, 3.05) is 0 Å². The van der Waals surface area contributed by atoms with Crippen molar-refractivity contribution in [2.24, 2.45) is 0 Å². The molecule has 1 aromatic heterocycles. The number of ether oxygens (including phenoxy) is 1. The van der Waals surface area contributed by atoms with Gasteiger partial charge in [-0.15, -0.1) is 0 Å². The molecule has 5 nitrogen and oxygen atoms in total. The van der Waals surface area contributed by atoms with Gasteiger partial charge < -0.3 is 18.8 Å². The van der Waals surface area contributed by atoms with Gasteiger partial charge >= 0.3 is 6.18 Å². The van der Waals surface area contributed by atoms with Crippen LogP contribution in [0.25, 0.3) is 0 Å². The third kappa shape index (κ3) is 5.05. The van der Waals surface area contributed by atoms with Crippen LogP contribution in [0.2, 0.25) is 13.1 Å². The van der Waals surface area contributed by atoms with Gasteiger partial charge in [0.05, 0.1) is 18.2 Å². The highest BCUT2D eigenvalue weighted by Gasteiger charge is 2.45. The molecule has 0 aliphatic carbocycles. The SMILES string of the molecule is C[Si](C)OCc1c(C(C)(C)C)ccn([C@@H]2c3cc(C(F)(F)F)ccc3OC(C)(C)[C@H]2O)c1=O. The molecule has 3 rings (SSSR count). The number of nitrogens with zero attached hydrogens (tertiary/aromatic N) is 1. The van der Waals surface area contributed by atoms with E-state index in [9.17, 15) is 23.1 Å². The Morgan fingerprint density at radius 3 is 2.36 bits per heavy atom. The molecule has 0 unspecified atom stereocenters. The first-order valence-electron chi connectivity index (χ1n) is 10.8. The van der Waals surface area contributed by atoms with E-state index in [1.807, 2.05) is 33.9 Å². The lowest BCUT2D eigenvalue weighted by molar-refractivity contribution is -0.137. The zero-order chi connectivity index (χ0) is 24.9. The lowest BCUT2D eigenvalue weighted by Crippen LogP contribution is -2.52. The molecule has 1 N–H and O–H groups in total. The minimum Gasteiger partial charge on any atom is -0.485 e. The first-order chi connectivity index (χ1) is 15.0. The van der Waals surface area contributed by atoms with Gasteiger partial charge in [-0.3, -0.25) is 4.79 Å². The van der Waals surface area contributed by atoms with E-state index in [0.717, 1.165) is 17.7 Å². The van der Waals surface area contributed by atoms with Crippen LogP contribution in [-0.2, 0) is 22.6 Å². The molecule has 1 radical (unpaired) electrons. The summed E-state index contributed by atoms with van der Waals surface area (Å²) in [7, 11) is -1.09. The van der Waals surface area contributed by atoms with Crippen molar-refractivity contribution in [2.45, 2.75) is 83.7 Å². The van der Waals surface area contributed by atoms with Crippen molar-refractivity contribution in [3.63, 3.8) is 0 Å². The largest absolute Gasteiger partial charge is 0.485 e. The van der Waals surface area contributed by atoms with Crippen molar-refractivity contribution in [1.82, 2.24) is 4.57 Å². The maximum Gasteiger partial charge on any atom is 0.416 e. The smallest absolute Gasteiger partial charge is 0.416 e. The average Bonchev–Trinajstić information content (AvgIpc) is 2.66. The highest BCUT2D eigenvalue weighted by Crippen LogP contribution is 2.44. The van der Waals surface area contributed by atoms with E-state index in [-0.39, 0.29) is 23.3 Å². The highest BCUT2D eigenvalue weighted by molar-refractivity contribution is 6.48. The summed E-state index contributed by atoms with van der Waals surface area (Å²) < 4.78 is 53.3. The predicted octanol–water partition coefficient (Wildman–Crippen LogP) is 5.05. The second-order valence-electron chi connectivity index (χ2n) is 10.2. The van der Waals surface area contributed by atoms with Crippen molar-refractivity contribution in [3.8, 4) is 5.75 Å². The molecule has 2 atom stereocenters. The molecule has 2 aromatic rings. The number of alkyl halides is 3. The number of halogens is 3. The lowest BCUT2D eigenvalue weighted by atomic mass is 9.83. The second-order valence-corrected chi connectivity index (χ2v) is 12.3. The van der Waals surface area contributed by atoms with E-state index < -0.39 is 44.1 Å². The fourth-order valence-corrected chi connectivity index (χ4v) is 4.55. The lowest BCUT2D eigenvalue weighted by Gasteiger charge is -2.43. The van der Waals surface area contributed by atoms with Crippen LogP contribution in [0.3, 0.4) is 0 Å². The molecule has 0 saturated carbocycles. The van der Waals surface area contributed by atoms with E-state index in [4.69, 9.17) is 9.16 Å². The van der Waals surface area contributed by atoms with Crippen molar-refractivity contribution in [1.29, 1.82) is 0 Å². The standard InChI is InChI=1S/C24H31F3NO4Si/c1-22(2,3)17-10-11-28(21(30)16(17)13-31-33(6)7)19-15-12-14(24(25,26)27)8-9-18(15)32-23(4,5)20(19)29/h8-12,19-20,29H,13H2,1-7H3/t19-,20+/m1/s1. The molecule has 0 amide bonds. The molecule has 0 saturated heterocycles. The number of fused-ring (bicyclic) bond motifs is 1. The molecular weight excluding hydrogens is 451 g/mol. The molecule has 1 aliphatic heterocycles. The number of aliphatic hydroxyl groups is 1. The Balaban J connectivity index is 2.27. The topological polar surface area (TPSA) is 60.7 Å². The fourth-order valence-electron chi connectivity index (χ4n) is 4.12. The van der Waals surface area contributed by atoms with Gasteiger partial charge in [0.25, 0.3) is 5.56 Å². The summed E-state index contributed by atoms with van der Waals surface area (Å²) in [6, 6.07) is 3.89. The number of rotatable bonds is 4. The Labute approximate surface area is 193 Å². The molecule has 0 bridgehead atoms. The number of hydrogen-bond acceptors (Lipinski definition) is 4. The number of benzene rings is 1. The minimum absolute atomic E-state index is 0.103. The average molecular weight is 483 g/mol. The number of hydrogen-bond donors (Lipinski definition) is 1. The van der Waals surface area contributed by atoms with Crippen molar-refractivity contribution < 1.29 is 27.4 Å². The van der Waals surface area contributed by atoms with Gasteiger partial charge in [0.1, 0.15) is 17.5 Å². The van der Waals surface area contributed by atoms with Crippen molar-refractivity contribution in [3.05, 3.63) is 63.1 Å². The normalized spacial score (nSPS) is 20.5. The van der Waals surface area contributed by atoms with Gasteiger partial charge in [0.2, 0.25) is 9.04 Å². The Morgan fingerprint density at radius 1 is 1.18 bits per heavy atom. The van der Waals surface area contributed by atoms with Gasteiger partial charge in [-0.25, -0.2) is 0 Å². The van der Waals surface area contributed by atoms with Crippen LogP contribution in [0, 0.1) is 0 Å². The fraction of sp³-hybridized carbons (Fsp3) is 0.542.